The van der Waals surface area contributed by atoms with E-state index in [0.717, 1.165) is 5.56 Å². The van der Waals surface area contributed by atoms with Crippen LogP contribution in [0, 0.1) is 0 Å². The lowest BCUT2D eigenvalue weighted by atomic mass is 10.2. The van der Waals surface area contributed by atoms with Crippen molar-refractivity contribution in [2.24, 2.45) is 0 Å². The molecule has 1 aromatic heterocycles. The van der Waals surface area contributed by atoms with E-state index in [9.17, 15) is 4.79 Å². The number of aromatic nitrogens is 3. The normalized spacial score (nSPS) is 10.1. The van der Waals surface area contributed by atoms with Gasteiger partial charge >= 0.3 is 5.97 Å². The molecule has 0 atom stereocenters. The van der Waals surface area contributed by atoms with Crippen molar-refractivity contribution in [3.05, 3.63) is 41.2 Å². The summed E-state index contributed by atoms with van der Waals surface area (Å²) in [4.78, 5) is 23.3. The Hall–Kier alpha value is -2.41. The Balaban J connectivity index is 1.96. The molecule has 7 nitrogen and oxygen atoms in total. The van der Waals surface area contributed by atoms with E-state index in [1.54, 1.807) is 6.92 Å². The quantitative estimate of drug-likeness (QED) is 0.755. The summed E-state index contributed by atoms with van der Waals surface area (Å²) in [6.45, 7) is 2.58. The summed E-state index contributed by atoms with van der Waals surface area (Å²) in [5.41, 5.74) is 1.08. The van der Waals surface area contributed by atoms with Gasteiger partial charge in [-0.05, 0) is 24.1 Å². The molecule has 0 unspecified atom stereocenters. The molecule has 2 rings (SSSR count). The maximum Gasteiger partial charge on any atom is 0.325 e. The predicted molar refractivity (Wildman–Crippen MR) is 83.7 cm³/mol. The molecule has 0 amide bonds. The zero-order valence-corrected chi connectivity index (χ0v) is 12.8. The van der Waals surface area contributed by atoms with Gasteiger partial charge in [-0.1, -0.05) is 30.3 Å². The predicted octanol–water partition coefficient (Wildman–Crippen LogP) is 2.11. The molecule has 0 saturated heterocycles. The Bertz CT molecular complexity index is 624. The van der Waals surface area contributed by atoms with Crippen molar-refractivity contribution in [3.63, 3.8) is 0 Å². The summed E-state index contributed by atoms with van der Waals surface area (Å²) in [5.74, 6) is 0.150. The average molecular weight is 322 g/mol. The monoisotopic (exact) mass is 321 g/mol. The van der Waals surface area contributed by atoms with Crippen LogP contribution in [-0.2, 0) is 16.1 Å². The molecule has 0 fully saturated rings. The first-order chi connectivity index (χ1) is 10.7. The van der Waals surface area contributed by atoms with Crippen molar-refractivity contribution in [2.45, 2.75) is 13.5 Å². The van der Waals surface area contributed by atoms with Crippen LogP contribution in [0.15, 0.2) is 30.3 Å². The van der Waals surface area contributed by atoms with Crippen LogP contribution in [0.2, 0.25) is 5.28 Å². The number of nitrogens with zero attached hydrogens (tertiary/aromatic N) is 3. The number of nitrogens with one attached hydrogen (secondary N) is 2. The van der Waals surface area contributed by atoms with Crippen molar-refractivity contribution in [1.82, 2.24) is 15.0 Å². The number of halogens is 1. The van der Waals surface area contributed by atoms with Crippen molar-refractivity contribution < 1.29 is 9.53 Å². The number of benzene rings is 1. The zero-order chi connectivity index (χ0) is 15.8. The fourth-order valence-corrected chi connectivity index (χ4v) is 1.81. The second kappa shape index (κ2) is 8.14. The number of ether oxygens (including phenoxy) is 1. The van der Waals surface area contributed by atoms with E-state index in [1.807, 2.05) is 30.3 Å². The molecule has 1 heterocycles. The molecule has 116 valence electrons. The largest absolute Gasteiger partial charge is 0.465 e. The maximum atomic E-state index is 11.3. The summed E-state index contributed by atoms with van der Waals surface area (Å²) in [5, 5.41) is 5.84. The lowest BCUT2D eigenvalue weighted by Gasteiger charge is -2.08. The van der Waals surface area contributed by atoms with E-state index >= 15 is 0 Å². The highest BCUT2D eigenvalue weighted by atomic mass is 35.5. The molecular formula is C14H16ClN5O2. The second-order valence-corrected chi connectivity index (χ2v) is 4.59. The van der Waals surface area contributed by atoms with Gasteiger partial charge in [-0.25, -0.2) is 0 Å². The maximum absolute atomic E-state index is 11.3. The van der Waals surface area contributed by atoms with Gasteiger partial charge in [0.05, 0.1) is 6.61 Å². The molecule has 22 heavy (non-hydrogen) atoms. The number of carbonyl (C=O) groups is 1. The van der Waals surface area contributed by atoms with Gasteiger partial charge in [0.25, 0.3) is 0 Å². The number of anilines is 2. The number of esters is 1. The van der Waals surface area contributed by atoms with Crippen molar-refractivity contribution in [2.75, 3.05) is 23.8 Å². The molecule has 0 saturated carbocycles. The van der Waals surface area contributed by atoms with E-state index in [-0.39, 0.29) is 17.8 Å². The highest BCUT2D eigenvalue weighted by Crippen LogP contribution is 2.10. The fourth-order valence-electron chi connectivity index (χ4n) is 1.65. The summed E-state index contributed by atoms with van der Waals surface area (Å²) < 4.78 is 4.81. The van der Waals surface area contributed by atoms with Crippen LogP contribution >= 0.6 is 11.6 Å². The molecule has 0 aliphatic carbocycles. The first-order valence-corrected chi connectivity index (χ1v) is 7.14. The third kappa shape index (κ3) is 5.17. The Labute approximate surface area is 133 Å². The number of rotatable bonds is 7. The summed E-state index contributed by atoms with van der Waals surface area (Å²) >= 11 is 5.85. The lowest BCUT2D eigenvalue weighted by molar-refractivity contribution is -0.140. The van der Waals surface area contributed by atoms with Gasteiger partial charge in [0.1, 0.15) is 6.54 Å². The van der Waals surface area contributed by atoms with Crippen LogP contribution < -0.4 is 10.6 Å². The third-order valence-corrected chi connectivity index (χ3v) is 2.77. The fraction of sp³-hybridized carbons (Fsp3) is 0.286. The molecule has 2 N–H and O–H groups in total. The average Bonchev–Trinajstić information content (AvgIpc) is 2.52. The smallest absolute Gasteiger partial charge is 0.325 e. The topological polar surface area (TPSA) is 89.0 Å². The molecule has 8 heteroatoms. The molecule has 1 aromatic carbocycles. The van der Waals surface area contributed by atoms with Gasteiger partial charge in [-0.15, -0.1) is 0 Å². The van der Waals surface area contributed by atoms with Crippen LogP contribution in [0.4, 0.5) is 11.9 Å². The van der Waals surface area contributed by atoms with Crippen LogP contribution in [-0.4, -0.2) is 34.1 Å². The van der Waals surface area contributed by atoms with E-state index in [2.05, 4.69) is 25.6 Å². The van der Waals surface area contributed by atoms with Gasteiger partial charge in [-0.3, -0.25) is 4.79 Å². The first-order valence-electron chi connectivity index (χ1n) is 6.76. The highest BCUT2D eigenvalue weighted by molar-refractivity contribution is 6.28. The number of hydrogen-bond acceptors (Lipinski definition) is 7. The molecule has 0 bridgehead atoms. The minimum absolute atomic E-state index is 0.0354. The van der Waals surface area contributed by atoms with Gasteiger partial charge < -0.3 is 15.4 Å². The van der Waals surface area contributed by atoms with Crippen LogP contribution in [0.3, 0.4) is 0 Å². The van der Waals surface area contributed by atoms with Crippen molar-refractivity contribution in [1.29, 1.82) is 0 Å². The van der Waals surface area contributed by atoms with Gasteiger partial charge in [0, 0.05) is 6.54 Å². The zero-order valence-electron chi connectivity index (χ0n) is 12.0. The standard InChI is InChI=1S/C14H16ClN5O2/c1-2-22-11(21)9-17-14-19-12(15)18-13(20-14)16-8-10-6-4-3-5-7-10/h3-7H,2,8-9H2,1H3,(H2,16,17,18,19,20). The summed E-state index contributed by atoms with van der Waals surface area (Å²) in [6.07, 6.45) is 0. The molecule has 0 aliphatic heterocycles. The van der Waals surface area contributed by atoms with Crippen LogP contribution in [0.1, 0.15) is 12.5 Å². The van der Waals surface area contributed by atoms with Crippen LogP contribution in [0.25, 0.3) is 0 Å². The number of carbonyl (C=O) groups excluding carboxylic acids is 1. The van der Waals surface area contributed by atoms with E-state index in [1.165, 1.54) is 0 Å². The van der Waals surface area contributed by atoms with E-state index in [4.69, 9.17) is 16.3 Å². The minimum Gasteiger partial charge on any atom is -0.465 e. The summed E-state index contributed by atoms with van der Waals surface area (Å²) in [7, 11) is 0. The Kier molecular flexibility index (Phi) is 5.91. The lowest BCUT2D eigenvalue weighted by Crippen LogP contribution is -2.18. The van der Waals surface area contributed by atoms with E-state index in [0.29, 0.717) is 19.1 Å². The van der Waals surface area contributed by atoms with Crippen molar-refractivity contribution in [3.8, 4) is 0 Å². The Morgan fingerprint density at radius 1 is 1.14 bits per heavy atom. The van der Waals surface area contributed by atoms with Gasteiger partial charge in [0.15, 0.2) is 0 Å². The minimum atomic E-state index is -0.391. The van der Waals surface area contributed by atoms with Crippen molar-refractivity contribution >= 4 is 29.5 Å². The molecule has 0 aliphatic rings. The first kappa shape index (κ1) is 16.0. The SMILES string of the molecule is CCOC(=O)CNc1nc(Cl)nc(NCc2ccccc2)n1. The molecular weight excluding hydrogens is 306 g/mol. The summed E-state index contributed by atoms with van der Waals surface area (Å²) in [6, 6.07) is 9.81. The third-order valence-electron chi connectivity index (χ3n) is 2.60. The number of hydrogen-bond donors (Lipinski definition) is 2. The second-order valence-electron chi connectivity index (χ2n) is 4.25. The molecule has 2 aromatic rings. The Morgan fingerprint density at radius 3 is 2.50 bits per heavy atom. The van der Waals surface area contributed by atoms with Crippen LogP contribution in [0.5, 0.6) is 0 Å². The van der Waals surface area contributed by atoms with Gasteiger partial charge in [0.2, 0.25) is 17.2 Å². The highest BCUT2D eigenvalue weighted by Gasteiger charge is 2.07. The molecule has 0 spiro atoms. The van der Waals surface area contributed by atoms with E-state index < -0.39 is 5.97 Å². The van der Waals surface area contributed by atoms with Gasteiger partial charge in [-0.2, -0.15) is 15.0 Å². The molecule has 0 radical (unpaired) electrons. The Morgan fingerprint density at radius 2 is 1.82 bits per heavy atom.